The summed E-state index contributed by atoms with van der Waals surface area (Å²) in [6, 6.07) is 2.38. The first-order valence-corrected chi connectivity index (χ1v) is 7.19. The summed E-state index contributed by atoms with van der Waals surface area (Å²) in [5.74, 6) is 9.11. The van der Waals surface area contributed by atoms with E-state index in [1.54, 1.807) is 0 Å². The highest BCUT2D eigenvalue weighted by Gasteiger charge is 2.27. The van der Waals surface area contributed by atoms with E-state index in [-0.39, 0.29) is 0 Å². The van der Waals surface area contributed by atoms with Gasteiger partial charge in [0.05, 0.1) is 0 Å². The maximum atomic E-state index is 5.43. The van der Waals surface area contributed by atoms with Crippen molar-refractivity contribution in [3.05, 3.63) is 11.9 Å². The highest BCUT2D eigenvalue weighted by molar-refractivity contribution is 5.47. The van der Waals surface area contributed by atoms with Gasteiger partial charge in [-0.05, 0) is 31.6 Å². The number of nitrogens with two attached hydrogens (primary N) is 1. The molecule has 106 valence electrons. The van der Waals surface area contributed by atoms with E-state index in [9.17, 15) is 0 Å². The molecule has 2 atom stereocenters. The van der Waals surface area contributed by atoms with Crippen LogP contribution in [0.1, 0.15) is 45.4 Å². The molecule has 1 fully saturated rings. The number of hydrogen-bond acceptors (Lipinski definition) is 5. The average molecular weight is 263 g/mol. The highest BCUT2D eigenvalue weighted by Crippen LogP contribution is 2.32. The Bertz CT molecular complexity index is 418. The van der Waals surface area contributed by atoms with Gasteiger partial charge in [-0.3, -0.25) is 0 Å². The molecule has 0 spiro atoms. The molecule has 19 heavy (non-hydrogen) atoms. The Morgan fingerprint density at radius 2 is 1.89 bits per heavy atom. The number of aromatic nitrogens is 2. The summed E-state index contributed by atoms with van der Waals surface area (Å²) in [5.41, 5.74) is 2.59. The van der Waals surface area contributed by atoms with E-state index in [1.165, 1.54) is 25.7 Å². The minimum Gasteiger partial charge on any atom is -0.367 e. The lowest BCUT2D eigenvalue weighted by Crippen LogP contribution is -2.35. The molecule has 4 N–H and O–H groups in total. The molecule has 2 unspecified atom stereocenters. The normalized spacial score (nSPS) is 23.4. The minimum absolute atomic E-state index is 0.508. The van der Waals surface area contributed by atoms with Crippen LogP contribution in [0.15, 0.2) is 6.07 Å². The third kappa shape index (κ3) is 3.56. The molecule has 0 amide bonds. The van der Waals surface area contributed by atoms with E-state index in [0.717, 1.165) is 17.6 Å². The molecule has 1 heterocycles. The number of nitrogens with one attached hydrogen (secondary N) is 2. The van der Waals surface area contributed by atoms with Crippen molar-refractivity contribution in [3.8, 4) is 0 Å². The predicted octanol–water partition coefficient (Wildman–Crippen LogP) is 2.70. The number of hydrogen-bond donors (Lipinski definition) is 3. The second-order valence-electron chi connectivity index (χ2n) is 5.77. The maximum Gasteiger partial charge on any atom is 0.145 e. The number of nitrogens with zero attached hydrogens (tertiary/aromatic N) is 2. The average Bonchev–Trinajstić information content (AvgIpc) is 2.38. The molecule has 0 saturated heterocycles. The Balaban J connectivity index is 2.12. The summed E-state index contributed by atoms with van der Waals surface area (Å²) >= 11 is 0. The number of hydrazine groups is 1. The quantitative estimate of drug-likeness (QED) is 0.575. The van der Waals surface area contributed by atoms with Gasteiger partial charge in [-0.15, -0.1) is 0 Å². The smallest absolute Gasteiger partial charge is 0.145 e. The van der Waals surface area contributed by atoms with Gasteiger partial charge in [0.25, 0.3) is 0 Å². The highest BCUT2D eigenvalue weighted by atomic mass is 15.3. The largest absolute Gasteiger partial charge is 0.367 e. The summed E-state index contributed by atoms with van der Waals surface area (Å²) in [5, 5.41) is 3.58. The molecule has 2 rings (SSSR count). The monoisotopic (exact) mass is 263 g/mol. The Morgan fingerprint density at radius 1 is 1.21 bits per heavy atom. The first-order valence-electron chi connectivity index (χ1n) is 7.19. The van der Waals surface area contributed by atoms with Crippen LogP contribution in [0.25, 0.3) is 0 Å². The molecule has 5 nitrogen and oxygen atoms in total. The van der Waals surface area contributed by atoms with Crippen molar-refractivity contribution in [3.63, 3.8) is 0 Å². The van der Waals surface area contributed by atoms with E-state index in [2.05, 4.69) is 34.6 Å². The van der Waals surface area contributed by atoms with Crippen molar-refractivity contribution in [2.24, 2.45) is 17.7 Å². The fraction of sp³-hybridized carbons (Fsp3) is 0.714. The Labute approximate surface area is 115 Å². The molecule has 5 heteroatoms. The molecule has 1 aromatic rings. The van der Waals surface area contributed by atoms with Crippen LogP contribution in [-0.2, 0) is 0 Å². The van der Waals surface area contributed by atoms with Gasteiger partial charge in [-0.1, -0.05) is 26.7 Å². The third-order valence-electron chi connectivity index (χ3n) is 3.99. The lowest BCUT2D eigenvalue weighted by Gasteiger charge is -2.35. The van der Waals surface area contributed by atoms with E-state index in [4.69, 9.17) is 5.84 Å². The zero-order chi connectivity index (χ0) is 13.8. The van der Waals surface area contributed by atoms with Crippen molar-refractivity contribution < 1.29 is 0 Å². The first kappa shape index (κ1) is 14.1. The molecule has 0 aromatic carbocycles. The molecule has 1 aromatic heterocycles. The molecule has 0 bridgehead atoms. The standard InChI is InChI=1S/C14H25N5/c1-9(2)11-6-4-5-7-12(11)18-13-8-14(19-15)17-10(3)16-13/h8-9,11-12H,4-7,15H2,1-3H3,(H2,16,17,18,19). The minimum atomic E-state index is 0.508. The van der Waals surface area contributed by atoms with Crippen molar-refractivity contribution in [2.45, 2.75) is 52.5 Å². The lowest BCUT2D eigenvalue weighted by atomic mass is 9.78. The van der Waals surface area contributed by atoms with Crippen LogP contribution in [0.4, 0.5) is 11.6 Å². The van der Waals surface area contributed by atoms with Crippen LogP contribution in [0, 0.1) is 18.8 Å². The van der Waals surface area contributed by atoms with Gasteiger partial charge in [0.2, 0.25) is 0 Å². The van der Waals surface area contributed by atoms with Crippen LogP contribution in [0.2, 0.25) is 0 Å². The van der Waals surface area contributed by atoms with Gasteiger partial charge in [-0.2, -0.15) is 0 Å². The third-order valence-corrected chi connectivity index (χ3v) is 3.99. The topological polar surface area (TPSA) is 75.9 Å². The lowest BCUT2D eigenvalue weighted by molar-refractivity contribution is 0.253. The Morgan fingerprint density at radius 3 is 2.58 bits per heavy atom. The number of aryl methyl sites for hydroxylation is 1. The van der Waals surface area contributed by atoms with Crippen LogP contribution in [-0.4, -0.2) is 16.0 Å². The summed E-state index contributed by atoms with van der Waals surface area (Å²) < 4.78 is 0. The molecule has 1 aliphatic rings. The number of nitrogen functional groups attached to an aromatic ring is 1. The zero-order valence-electron chi connectivity index (χ0n) is 12.1. The molecular formula is C14H25N5. The molecule has 0 radical (unpaired) electrons. The second kappa shape index (κ2) is 6.19. The van der Waals surface area contributed by atoms with Gasteiger partial charge >= 0.3 is 0 Å². The van der Waals surface area contributed by atoms with Crippen LogP contribution in [0.5, 0.6) is 0 Å². The zero-order valence-corrected chi connectivity index (χ0v) is 12.1. The molecule has 1 aliphatic carbocycles. The summed E-state index contributed by atoms with van der Waals surface area (Å²) in [4.78, 5) is 8.66. The first-order chi connectivity index (χ1) is 9.10. The van der Waals surface area contributed by atoms with E-state index >= 15 is 0 Å². The number of anilines is 2. The second-order valence-corrected chi connectivity index (χ2v) is 5.77. The van der Waals surface area contributed by atoms with Gasteiger partial charge in [0, 0.05) is 12.1 Å². The Hall–Kier alpha value is -1.36. The van der Waals surface area contributed by atoms with Gasteiger partial charge in [0.15, 0.2) is 0 Å². The number of rotatable bonds is 4. The summed E-state index contributed by atoms with van der Waals surface area (Å²) in [6.07, 6.45) is 5.17. The summed E-state index contributed by atoms with van der Waals surface area (Å²) in [6.45, 7) is 6.50. The SMILES string of the molecule is Cc1nc(NN)cc(NC2CCCCC2C(C)C)n1. The predicted molar refractivity (Wildman–Crippen MR) is 78.8 cm³/mol. The van der Waals surface area contributed by atoms with Gasteiger partial charge < -0.3 is 10.7 Å². The fourth-order valence-corrected chi connectivity index (χ4v) is 3.04. The van der Waals surface area contributed by atoms with Crippen molar-refractivity contribution >= 4 is 11.6 Å². The van der Waals surface area contributed by atoms with Crippen molar-refractivity contribution in [1.29, 1.82) is 0 Å². The maximum absolute atomic E-state index is 5.43. The Kier molecular flexibility index (Phi) is 4.58. The van der Waals surface area contributed by atoms with Gasteiger partial charge in [-0.25, -0.2) is 15.8 Å². The fourth-order valence-electron chi connectivity index (χ4n) is 3.04. The van der Waals surface area contributed by atoms with E-state index < -0.39 is 0 Å². The molecular weight excluding hydrogens is 238 g/mol. The molecule has 1 saturated carbocycles. The van der Waals surface area contributed by atoms with Crippen LogP contribution in [0.3, 0.4) is 0 Å². The summed E-state index contributed by atoms with van der Waals surface area (Å²) in [7, 11) is 0. The van der Waals surface area contributed by atoms with E-state index in [0.29, 0.717) is 17.8 Å². The van der Waals surface area contributed by atoms with E-state index in [1.807, 2.05) is 13.0 Å². The van der Waals surface area contributed by atoms with Gasteiger partial charge in [0.1, 0.15) is 17.5 Å². The van der Waals surface area contributed by atoms with Crippen molar-refractivity contribution in [1.82, 2.24) is 9.97 Å². The van der Waals surface area contributed by atoms with Crippen LogP contribution < -0.4 is 16.6 Å². The molecule has 0 aliphatic heterocycles. The van der Waals surface area contributed by atoms with Crippen molar-refractivity contribution in [2.75, 3.05) is 10.7 Å². The van der Waals surface area contributed by atoms with Crippen LogP contribution >= 0.6 is 0 Å².